The predicted octanol–water partition coefficient (Wildman–Crippen LogP) is 6.92. The van der Waals surface area contributed by atoms with E-state index in [0.29, 0.717) is 12.1 Å². The van der Waals surface area contributed by atoms with E-state index in [1.165, 1.54) is 16.1 Å². The molecule has 7 nitrogen and oxygen atoms in total. The summed E-state index contributed by atoms with van der Waals surface area (Å²) in [7, 11) is -4.15. The molecule has 47 heavy (non-hydrogen) atoms. The third-order valence-electron chi connectivity index (χ3n) is 8.66. The van der Waals surface area contributed by atoms with Crippen molar-refractivity contribution in [3.63, 3.8) is 0 Å². The van der Waals surface area contributed by atoms with E-state index >= 15 is 0 Å². The zero-order chi connectivity index (χ0) is 33.4. The highest BCUT2D eigenvalue weighted by atomic mass is 32.2. The van der Waals surface area contributed by atoms with E-state index in [9.17, 15) is 18.0 Å². The Morgan fingerprint density at radius 2 is 1.49 bits per heavy atom. The largest absolute Gasteiger partial charge is 0.352 e. The quantitative estimate of drug-likeness (QED) is 0.156. The van der Waals surface area contributed by atoms with Gasteiger partial charge in [0.2, 0.25) is 11.8 Å². The number of nitrogens with one attached hydrogen (secondary N) is 1. The van der Waals surface area contributed by atoms with Gasteiger partial charge in [-0.15, -0.1) is 11.8 Å². The number of carbonyl (C=O) groups excluding carboxylic acids is 2. The third kappa shape index (κ3) is 8.84. The van der Waals surface area contributed by atoms with Crippen LogP contribution in [0.3, 0.4) is 0 Å². The maximum Gasteiger partial charge on any atom is 0.264 e. The lowest BCUT2D eigenvalue weighted by atomic mass is 10.0. The normalized spacial score (nSPS) is 14.0. The van der Waals surface area contributed by atoms with Crippen molar-refractivity contribution in [1.29, 1.82) is 0 Å². The number of hydrogen-bond acceptors (Lipinski definition) is 5. The van der Waals surface area contributed by atoms with Crippen molar-refractivity contribution in [2.75, 3.05) is 17.1 Å². The summed E-state index contributed by atoms with van der Waals surface area (Å²) in [5, 5.41) is 3.22. The Bertz CT molecular complexity index is 1760. The Labute approximate surface area is 283 Å². The lowest BCUT2D eigenvalue weighted by Gasteiger charge is -2.34. The SMILES string of the molecule is CSc1ccc(S(=O)(=O)N(CC(=O)N(Cc2cccc(C)c2)C(Cc2ccccc2)C(=O)NC2CCCC2)c2ccc(C)cc2)cc1. The summed E-state index contributed by atoms with van der Waals surface area (Å²) < 4.78 is 29.7. The third-order valence-corrected chi connectivity index (χ3v) is 11.2. The Balaban J connectivity index is 1.56. The van der Waals surface area contributed by atoms with E-state index in [4.69, 9.17) is 0 Å². The molecule has 4 aromatic carbocycles. The minimum Gasteiger partial charge on any atom is -0.352 e. The topological polar surface area (TPSA) is 86.8 Å². The van der Waals surface area contributed by atoms with Crippen LogP contribution in [-0.2, 0) is 32.6 Å². The van der Waals surface area contributed by atoms with Crippen LogP contribution >= 0.6 is 11.8 Å². The monoisotopic (exact) mass is 669 g/mol. The van der Waals surface area contributed by atoms with Gasteiger partial charge in [-0.3, -0.25) is 13.9 Å². The van der Waals surface area contributed by atoms with Gasteiger partial charge in [0.1, 0.15) is 12.6 Å². The number of aryl methyl sites for hydroxylation is 2. The Hall–Kier alpha value is -4.08. The second kappa shape index (κ2) is 15.7. The van der Waals surface area contributed by atoms with E-state index in [1.54, 1.807) is 41.3 Å². The second-order valence-corrected chi connectivity index (χ2v) is 15.0. The minimum atomic E-state index is -4.15. The molecule has 1 atom stereocenters. The van der Waals surface area contributed by atoms with Crippen molar-refractivity contribution in [2.45, 2.75) is 74.4 Å². The number of hydrogen-bond donors (Lipinski definition) is 1. The molecule has 0 aliphatic heterocycles. The van der Waals surface area contributed by atoms with Crippen LogP contribution in [0.4, 0.5) is 5.69 Å². The van der Waals surface area contributed by atoms with Crippen LogP contribution in [0, 0.1) is 13.8 Å². The van der Waals surface area contributed by atoms with Crippen molar-refractivity contribution in [3.8, 4) is 0 Å². The molecular formula is C38H43N3O4S2. The van der Waals surface area contributed by atoms with E-state index in [0.717, 1.165) is 52.8 Å². The first-order valence-electron chi connectivity index (χ1n) is 16.1. The maximum atomic E-state index is 14.7. The van der Waals surface area contributed by atoms with Crippen molar-refractivity contribution >= 4 is 39.3 Å². The molecule has 0 aromatic heterocycles. The Morgan fingerprint density at radius 3 is 2.13 bits per heavy atom. The molecule has 5 rings (SSSR count). The molecule has 0 saturated heterocycles. The van der Waals surface area contributed by atoms with Gasteiger partial charge in [0.05, 0.1) is 10.6 Å². The lowest BCUT2D eigenvalue weighted by molar-refractivity contribution is -0.140. The van der Waals surface area contributed by atoms with E-state index in [1.807, 2.05) is 86.8 Å². The van der Waals surface area contributed by atoms with E-state index < -0.39 is 28.5 Å². The molecule has 246 valence electrons. The van der Waals surface area contributed by atoms with Crippen LogP contribution in [0.1, 0.15) is 47.9 Å². The first-order valence-corrected chi connectivity index (χ1v) is 18.7. The number of thioether (sulfide) groups is 1. The highest BCUT2D eigenvalue weighted by Gasteiger charge is 2.35. The molecular weight excluding hydrogens is 627 g/mol. The van der Waals surface area contributed by atoms with Crippen LogP contribution in [0.5, 0.6) is 0 Å². The van der Waals surface area contributed by atoms with Gasteiger partial charge in [-0.25, -0.2) is 8.42 Å². The molecule has 0 radical (unpaired) electrons. The zero-order valence-corrected chi connectivity index (χ0v) is 28.9. The predicted molar refractivity (Wildman–Crippen MR) is 190 cm³/mol. The molecule has 0 bridgehead atoms. The smallest absolute Gasteiger partial charge is 0.264 e. The molecule has 4 aromatic rings. The second-order valence-electron chi connectivity index (χ2n) is 12.2. The first kappa shape index (κ1) is 34.3. The fraction of sp³-hybridized carbons (Fsp3) is 0.316. The number of sulfonamides is 1. The molecule has 0 heterocycles. The number of rotatable bonds is 13. The molecule has 1 unspecified atom stereocenters. The highest BCUT2D eigenvalue weighted by Crippen LogP contribution is 2.27. The summed E-state index contributed by atoms with van der Waals surface area (Å²) >= 11 is 1.52. The van der Waals surface area contributed by atoms with Crippen LogP contribution < -0.4 is 9.62 Å². The van der Waals surface area contributed by atoms with Crippen LogP contribution in [0.15, 0.2) is 113 Å². The first-order chi connectivity index (χ1) is 22.6. The van der Waals surface area contributed by atoms with Crippen molar-refractivity contribution in [2.24, 2.45) is 0 Å². The van der Waals surface area contributed by atoms with Crippen molar-refractivity contribution < 1.29 is 18.0 Å². The molecule has 1 aliphatic carbocycles. The zero-order valence-electron chi connectivity index (χ0n) is 27.3. The van der Waals surface area contributed by atoms with Gasteiger partial charge in [0, 0.05) is 23.9 Å². The molecule has 9 heteroatoms. The average Bonchev–Trinajstić information content (AvgIpc) is 3.59. The van der Waals surface area contributed by atoms with Gasteiger partial charge in [-0.1, -0.05) is 90.7 Å². The number of nitrogens with zero attached hydrogens (tertiary/aromatic N) is 2. The number of anilines is 1. The summed E-state index contributed by atoms with van der Waals surface area (Å²) in [6, 6.07) is 30.5. The standard InChI is InChI=1S/C38H43N3O4S2/c1-28-16-18-33(19-17-28)41(47(44,45)35-22-20-34(46-3)21-23-35)27-37(42)40(26-31-13-9-10-29(2)24-31)36(25-30-11-5-4-6-12-30)38(43)39-32-14-7-8-15-32/h4-6,9-13,16-24,32,36H,7-8,14-15,25-27H2,1-3H3,(H,39,43). The van der Waals surface area contributed by atoms with Gasteiger partial charge < -0.3 is 10.2 Å². The maximum absolute atomic E-state index is 14.7. The Kier molecular flexibility index (Phi) is 11.4. The van der Waals surface area contributed by atoms with Gasteiger partial charge in [-0.05, 0) is 80.5 Å². The van der Waals surface area contributed by atoms with Gasteiger partial charge in [0.25, 0.3) is 10.0 Å². The summed E-state index contributed by atoms with van der Waals surface area (Å²) in [6.07, 6.45) is 6.15. The van der Waals surface area contributed by atoms with Gasteiger partial charge >= 0.3 is 0 Å². The highest BCUT2D eigenvalue weighted by molar-refractivity contribution is 7.98. The Morgan fingerprint density at radius 1 is 0.830 bits per heavy atom. The number of benzene rings is 4. The fourth-order valence-corrected chi connectivity index (χ4v) is 7.87. The molecule has 2 amide bonds. The minimum absolute atomic E-state index is 0.0605. The summed E-state index contributed by atoms with van der Waals surface area (Å²) in [4.78, 5) is 31.4. The van der Waals surface area contributed by atoms with Crippen LogP contribution in [0.2, 0.25) is 0 Å². The van der Waals surface area contributed by atoms with Gasteiger partial charge in [0.15, 0.2) is 0 Å². The van der Waals surface area contributed by atoms with Crippen molar-refractivity contribution in [3.05, 3.63) is 125 Å². The summed E-state index contributed by atoms with van der Waals surface area (Å²) in [5.41, 5.74) is 4.15. The molecule has 1 saturated carbocycles. The fourth-order valence-electron chi connectivity index (χ4n) is 6.04. The van der Waals surface area contributed by atoms with Crippen molar-refractivity contribution in [1.82, 2.24) is 10.2 Å². The van der Waals surface area contributed by atoms with E-state index in [-0.39, 0.29) is 23.4 Å². The lowest BCUT2D eigenvalue weighted by Crippen LogP contribution is -2.54. The average molecular weight is 670 g/mol. The number of carbonyl (C=O) groups is 2. The molecule has 1 aliphatic rings. The number of amides is 2. The summed E-state index contributed by atoms with van der Waals surface area (Å²) in [6.45, 7) is 3.59. The molecule has 1 fully saturated rings. The van der Waals surface area contributed by atoms with Gasteiger partial charge in [-0.2, -0.15) is 0 Å². The van der Waals surface area contributed by atoms with Crippen LogP contribution in [-0.4, -0.2) is 50.0 Å². The van der Waals surface area contributed by atoms with E-state index in [2.05, 4.69) is 5.32 Å². The van der Waals surface area contributed by atoms with Crippen LogP contribution in [0.25, 0.3) is 0 Å². The molecule has 1 N–H and O–H groups in total. The summed E-state index contributed by atoms with van der Waals surface area (Å²) in [5.74, 6) is -0.682. The molecule has 0 spiro atoms.